The smallest absolute Gasteiger partial charge is 0.321 e. The molecular weight excluding hydrogens is 304 g/mol. The van der Waals surface area contributed by atoms with Crippen molar-refractivity contribution in [3.8, 4) is 0 Å². The molecule has 0 aromatic heterocycles. The first kappa shape index (κ1) is 18.3. The third-order valence-electron chi connectivity index (χ3n) is 4.90. The molecule has 3 amide bonds. The molecule has 2 rings (SSSR count). The fourth-order valence-electron chi connectivity index (χ4n) is 2.94. The van der Waals surface area contributed by atoms with E-state index in [1.165, 1.54) is 0 Å². The summed E-state index contributed by atoms with van der Waals surface area (Å²) < 4.78 is 0. The number of aryl methyl sites for hydroxylation is 1. The van der Waals surface area contributed by atoms with Gasteiger partial charge in [0.05, 0.1) is 0 Å². The number of carbonyl (C=O) groups is 2. The van der Waals surface area contributed by atoms with Crippen molar-refractivity contribution < 1.29 is 9.59 Å². The number of carbonyl (C=O) groups excluding carboxylic acids is 2. The van der Waals surface area contributed by atoms with Crippen molar-refractivity contribution >= 4 is 17.6 Å². The van der Waals surface area contributed by atoms with Crippen molar-refractivity contribution in [2.24, 2.45) is 5.73 Å². The zero-order valence-corrected chi connectivity index (χ0v) is 15.1. The Kier molecular flexibility index (Phi) is 5.49. The number of piperazine rings is 1. The van der Waals surface area contributed by atoms with E-state index in [0.717, 1.165) is 25.1 Å². The van der Waals surface area contributed by atoms with Gasteiger partial charge in [-0.1, -0.05) is 6.92 Å². The van der Waals surface area contributed by atoms with Gasteiger partial charge >= 0.3 is 6.03 Å². The molecule has 1 aromatic rings. The summed E-state index contributed by atoms with van der Waals surface area (Å²) in [4.78, 5) is 28.1. The van der Waals surface area contributed by atoms with E-state index >= 15 is 0 Å². The molecule has 1 saturated heterocycles. The maximum absolute atomic E-state index is 12.5. The second-order valence-corrected chi connectivity index (χ2v) is 7.02. The quantitative estimate of drug-likeness (QED) is 0.889. The lowest BCUT2D eigenvalue weighted by Gasteiger charge is -2.43. The van der Waals surface area contributed by atoms with Gasteiger partial charge in [0.1, 0.15) is 0 Å². The number of amides is 3. The number of nitrogens with one attached hydrogen (secondary N) is 1. The Labute approximate surface area is 144 Å². The fourth-order valence-corrected chi connectivity index (χ4v) is 2.94. The highest BCUT2D eigenvalue weighted by molar-refractivity contribution is 5.96. The molecule has 0 radical (unpaired) electrons. The Hall–Kier alpha value is -2.08. The molecule has 1 aliphatic heterocycles. The number of hydrogen-bond donors (Lipinski definition) is 2. The summed E-state index contributed by atoms with van der Waals surface area (Å²) in [6.07, 6.45) is 1.08. The van der Waals surface area contributed by atoms with Crippen LogP contribution in [0.4, 0.5) is 10.5 Å². The van der Waals surface area contributed by atoms with Crippen LogP contribution in [0.3, 0.4) is 0 Å². The summed E-state index contributed by atoms with van der Waals surface area (Å²) in [5.41, 5.74) is 7.38. The van der Waals surface area contributed by atoms with Gasteiger partial charge in [0.15, 0.2) is 0 Å². The number of rotatable bonds is 4. The Bertz CT molecular complexity index is 619. The Morgan fingerprint density at radius 2 is 1.79 bits per heavy atom. The lowest BCUT2D eigenvalue weighted by Crippen LogP contribution is -2.56. The Morgan fingerprint density at radius 3 is 2.33 bits per heavy atom. The average molecular weight is 332 g/mol. The van der Waals surface area contributed by atoms with Gasteiger partial charge in [0.2, 0.25) is 5.91 Å². The minimum Gasteiger partial charge on any atom is -0.366 e. The lowest BCUT2D eigenvalue weighted by atomic mass is 9.98. The van der Waals surface area contributed by atoms with Crippen molar-refractivity contribution in [3.05, 3.63) is 29.3 Å². The number of anilines is 1. The molecule has 0 unspecified atom stereocenters. The molecule has 132 valence electrons. The minimum absolute atomic E-state index is 0.134. The van der Waals surface area contributed by atoms with Crippen LogP contribution >= 0.6 is 0 Å². The summed E-state index contributed by atoms with van der Waals surface area (Å²) >= 11 is 0. The molecule has 6 nitrogen and oxygen atoms in total. The first-order valence-corrected chi connectivity index (χ1v) is 8.45. The molecule has 24 heavy (non-hydrogen) atoms. The van der Waals surface area contributed by atoms with E-state index in [0.29, 0.717) is 24.3 Å². The van der Waals surface area contributed by atoms with Crippen molar-refractivity contribution in [1.82, 2.24) is 9.80 Å². The molecule has 0 saturated carbocycles. The highest BCUT2D eigenvalue weighted by atomic mass is 16.2. The van der Waals surface area contributed by atoms with Gasteiger partial charge in [0, 0.05) is 43.0 Å². The predicted molar refractivity (Wildman–Crippen MR) is 96.2 cm³/mol. The average Bonchev–Trinajstić information content (AvgIpc) is 2.54. The molecule has 1 fully saturated rings. The molecule has 0 spiro atoms. The van der Waals surface area contributed by atoms with E-state index in [1.54, 1.807) is 12.1 Å². The van der Waals surface area contributed by atoms with E-state index in [9.17, 15) is 9.59 Å². The molecule has 6 heteroatoms. The first-order chi connectivity index (χ1) is 11.2. The van der Waals surface area contributed by atoms with Crippen LogP contribution in [-0.2, 0) is 0 Å². The molecule has 0 bridgehead atoms. The molecule has 1 aliphatic rings. The molecular formula is C18H28N4O2. The highest BCUT2D eigenvalue weighted by Crippen LogP contribution is 2.21. The second-order valence-electron chi connectivity index (χ2n) is 7.02. The van der Waals surface area contributed by atoms with Crippen molar-refractivity contribution in [2.75, 3.05) is 31.5 Å². The van der Waals surface area contributed by atoms with Crippen LogP contribution < -0.4 is 11.1 Å². The van der Waals surface area contributed by atoms with Crippen LogP contribution in [0.2, 0.25) is 0 Å². The molecule has 1 aromatic carbocycles. The lowest BCUT2D eigenvalue weighted by molar-refractivity contribution is 0.0640. The van der Waals surface area contributed by atoms with Crippen LogP contribution in [0.25, 0.3) is 0 Å². The van der Waals surface area contributed by atoms with Crippen LogP contribution in [0.5, 0.6) is 0 Å². The zero-order valence-electron chi connectivity index (χ0n) is 15.1. The maximum atomic E-state index is 12.5. The fraction of sp³-hybridized carbons (Fsp3) is 0.556. The summed E-state index contributed by atoms with van der Waals surface area (Å²) in [6, 6.07) is 5.03. The summed E-state index contributed by atoms with van der Waals surface area (Å²) in [7, 11) is 0. The number of hydrogen-bond acceptors (Lipinski definition) is 3. The van der Waals surface area contributed by atoms with Crippen molar-refractivity contribution in [3.63, 3.8) is 0 Å². The summed E-state index contributed by atoms with van der Waals surface area (Å²) in [5, 5.41) is 2.88. The number of urea groups is 1. The normalized spacial score (nSPS) is 16.1. The third-order valence-corrected chi connectivity index (χ3v) is 4.90. The number of benzene rings is 1. The van der Waals surface area contributed by atoms with E-state index < -0.39 is 5.91 Å². The van der Waals surface area contributed by atoms with Crippen LogP contribution in [0.15, 0.2) is 18.2 Å². The van der Waals surface area contributed by atoms with Gasteiger partial charge in [-0.15, -0.1) is 0 Å². The topological polar surface area (TPSA) is 78.7 Å². The van der Waals surface area contributed by atoms with Gasteiger partial charge in [-0.05, 0) is 51.0 Å². The predicted octanol–water partition coefficient (Wildman–Crippen LogP) is 2.43. The SMILES string of the molecule is CCC(C)(C)N1CCN(C(=O)Nc2cc(C)cc(C(N)=O)c2)CC1. The van der Waals surface area contributed by atoms with Crippen LogP contribution in [0, 0.1) is 6.92 Å². The van der Waals surface area contributed by atoms with Crippen LogP contribution in [0.1, 0.15) is 43.1 Å². The van der Waals surface area contributed by atoms with E-state index in [4.69, 9.17) is 5.73 Å². The molecule has 0 atom stereocenters. The van der Waals surface area contributed by atoms with Gasteiger partial charge < -0.3 is 16.0 Å². The first-order valence-electron chi connectivity index (χ1n) is 8.45. The van der Waals surface area contributed by atoms with Gasteiger partial charge in [-0.25, -0.2) is 4.79 Å². The number of nitrogens with two attached hydrogens (primary N) is 1. The second kappa shape index (κ2) is 7.21. The monoisotopic (exact) mass is 332 g/mol. The Balaban J connectivity index is 1.98. The number of nitrogens with zero attached hydrogens (tertiary/aromatic N) is 2. The summed E-state index contributed by atoms with van der Waals surface area (Å²) in [6.45, 7) is 11.7. The van der Waals surface area contributed by atoms with Gasteiger partial charge in [-0.3, -0.25) is 9.69 Å². The highest BCUT2D eigenvalue weighted by Gasteiger charge is 2.29. The van der Waals surface area contributed by atoms with Crippen molar-refractivity contribution in [2.45, 2.75) is 39.7 Å². The van der Waals surface area contributed by atoms with Gasteiger partial charge in [0.25, 0.3) is 0 Å². The van der Waals surface area contributed by atoms with E-state index in [2.05, 4.69) is 31.0 Å². The molecule has 1 heterocycles. The van der Waals surface area contributed by atoms with Gasteiger partial charge in [-0.2, -0.15) is 0 Å². The number of primary amides is 1. The standard InChI is InChI=1S/C18H28N4O2/c1-5-18(3,4)22-8-6-21(7-9-22)17(24)20-15-11-13(2)10-14(12-15)16(19)23/h10-12H,5-9H2,1-4H3,(H2,19,23)(H,20,24). The van der Waals surface area contributed by atoms with Crippen LogP contribution in [-0.4, -0.2) is 53.5 Å². The minimum atomic E-state index is -0.496. The molecule has 3 N–H and O–H groups in total. The zero-order chi connectivity index (χ0) is 17.9. The Morgan fingerprint density at radius 1 is 1.17 bits per heavy atom. The van der Waals surface area contributed by atoms with E-state index in [-0.39, 0.29) is 11.6 Å². The third kappa shape index (κ3) is 4.26. The van der Waals surface area contributed by atoms with E-state index in [1.807, 2.05) is 17.9 Å². The largest absolute Gasteiger partial charge is 0.366 e. The molecule has 0 aliphatic carbocycles. The summed E-state index contributed by atoms with van der Waals surface area (Å²) in [5.74, 6) is -0.496. The van der Waals surface area contributed by atoms with Crippen molar-refractivity contribution in [1.29, 1.82) is 0 Å². The maximum Gasteiger partial charge on any atom is 0.321 e.